The number of halogens is 3. The van der Waals surface area contributed by atoms with Crippen molar-refractivity contribution in [1.82, 2.24) is 4.90 Å². The number of carbonyl (C=O) groups is 1. The first-order valence-electron chi connectivity index (χ1n) is 4.82. The molecule has 0 saturated carbocycles. The molecule has 1 aliphatic heterocycles. The van der Waals surface area contributed by atoms with E-state index in [2.05, 4.69) is 0 Å². The highest BCUT2D eigenvalue weighted by Gasteiger charge is 2.44. The molecule has 15 heavy (non-hydrogen) atoms. The van der Waals surface area contributed by atoms with E-state index >= 15 is 0 Å². The molecule has 6 heteroatoms. The minimum Gasteiger partial charge on any atom is -0.374 e. The Balaban J connectivity index is 2.46. The number of hydrogen-bond donors (Lipinski definition) is 0. The quantitative estimate of drug-likeness (QED) is 0.714. The zero-order valence-corrected chi connectivity index (χ0v) is 8.67. The van der Waals surface area contributed by atoms with E-state index in [0.29, 0.717) is 6.42 Å². The monoisotopic (exact) mass is 225 g/mol. The fraction of sp³-hybridized carbons (Fsp3) is 0.889. The van der Waals surface area contributed by atoms with Crippen LogP contribution >= 0.6 is 0 Å². The largest absolute Gasteiger partial charge is 0.471 e. The van der Waals surface area contributed by atoms with E-state index in [0.717, 1.165) is 4.90 Å². The molecule has 0 unspecified atom stereocenters. The smallest absolute Gasteiger partial charge is 0.374 e. The fourth-order valence-electron chi connectivity index (χ4n) is 1.59. The topological polar surface area (TPSA) is 29.5 Å². The average molecular weight is 225 g/mol. The van der Waals surface area contributed by atoms with Crippen LogP contribution in [-0.4, -0.2) is 42.3 Å². The lowest BCUT2D eigenvalue weighted by molar-refractivity contribution is -0.184. The summed E-state index contributed by atoms with van der Waals surface area (Å²) in [6.07, 6.45) is -4.60. The van der Waals surface area contributed by atoms with Gasteiger partial charge in [-0.05, 0) is 20.3 Å². The van der Waals surface area contributed by atoms with E-state index in [-0.39, 0.29) is 25.3 Å². The van der Waals surface area contributed by atoms with Crippen molar-refractivity contribution in [1.29, 1.82) is 0 Å². The molecule has 1 saturated heterocycles. The second-order valence-electron chi connectivity index (χ2n) is 3.84. The summed E-state index contributed by atoms with van der Waals surface area (Å²) in [5, 5.41) is 0. The van der Waals surface area contributed by atoms with Crippen molar-refractivity contribution in [2.45, 2.75) is 38.7 Å². The molecule has 1 amide bonds. The number of carbonyl (C=O) groups excluding carboxylic acids is 1. The number of nitrogens with zero attached hydrogens (tertiary/aromatic N) is 1. The molecule has 0 aromatic heterocycles. The third-order valence-corrected chi connectivity index (χ3v) is 2.14. The van der Waals surface area contributed by atoms with Gasteiger partial charge < -0.3 is 9.64 Å². The zero-order valence-electron chi connectivity index (χ0n) is 8.67. The summed E-state index contributed by atoms with van der Waals surface area (Å²) in [5.74, 6) is -1.77. The fourth-order valence-corrected chi connectivity index (χ4v) is 1.59. The molecule has 1 heterocycles. The van der Waals surface area contributed by atoms with Gasteiger partial charge in [-0.15, -0.1) is 0 Å². The third kappa shape index (κ3) is 3.37. The van der Waals surface area contributed by atoms with Crippen molar-refractivity contribution >= 4 is 5.91 Å². The van der Waals surface area contributed by atoms with Gasteiger partial charge in [-0.1, -0.05) is 0 Å². The molecular formula is C9H14F3NO2. The molecule has 1 fully saturated rings. The predicted octanol–water partition coefficient (Wildman–Crippen LogP) is 1.57. The summed E-state index contributed by atoms with van der Waals surface area (Å²) in [6, 6.07) is 0. The first kappa shape index (κ1) is 12.3. The van der Waals surface area contributed by atoms with Crippen LogP contribution in [0, 0.1) is 0 Å². The summed E-state index contributed by atoms with van der Waals surface area (Å²) < 4.78 is 41.5. The molecule has 0 aromatic rings. The van der Waals surface area contributed by atoms with Crippen LogP contribution in [0.5, 0.6) is 0 Å². The summed E-state index contributed by atoms with van der Waals surface area (Å²) in [4.78, 5) is 11.6. The van der Waals surface area contributed by atoms with E-state index in [1.165, 1.54) is 0 Å². The SMILES string of the molecule is CC(C)O[C@H]1CCN(C(=O)C(F)(F)F)C1. The Morgan fingerprint density at radius 3 is 2.53 bits per heavy atom. The molecule has 0 aliphatic carbocycles. The van der Waals surface area contributed by atoms with E-state index in [1.54, 1.807) is 0 Å². The predicted molar refractivity (Wildman–Crippen MR) is 47.3 cm³/mol. The summed E-state index contributed by atoms with van der Waals surface area (Å²) in [5.41, 5.74) is 0. The molecule has 88 valence electrons. The number of alkyl halides is 3. The van der Waals surface area contributed by atoms with Gasteiger partial charge in [0.05, 0.1) is 12.2 Å². The maximum atomic E-state index is 12.1. The third-order valence-electron chi connectivity index (χ3n) is 2.14. The molecule has 0 N–H and O–H groups in total. The molecule has 0 aromatic carbocycles. The van der Waals surface area contributed by atoms with Gasteiger partial charge in [-0.25, -0.2) is 0 Å². The Labute approximate surface area is 86.2 Å². The van der Waals surface area contributed by atoms with Crippen LogP contribution in [0.4, 0.5) is 13.2 Å². The van der Waals surface area contributed by atoms with Gasteiger partial charge in [0.15, 0.2) is 0 Å². The van der Waals surface area contributed by atoms with E-state index in [1.807, 2.05) is 13.8 Å². The van der Waals surface area contributed by atoms with Crippen molar-refractivity contribution in [3.05, 3.63) is 0 Å². The van der Waals surface area contributed by atoms with Gasteiger partial charge in [0, 0.05) is 13.1 Å². The van der Waals surface area contributed by atoms with Gasteiger partial charge in [0.25, 0.3) is 0 Å². The second-order valence-corrected chi connectivity index (χ2v) is 3.84. The molecule has 1 atom stereocenters. The lowest BCUT2D eigenvalue weighted by Gasteiger charge is -2.18. The van der Waals surface area contributed by atoms with Crippen LogP contribution in [-0.2, 0) is 9.53 Å². The Morgan fingerprint density at radius 2 is 2.07 bits per heavy atom. The van der Waals surface area contributed by atoms with Gasteiger partial charge in [-0.2, -0.15) is 13.2 Å². The van der Waals surface area contributed by atoms with Crippen LogP contribution < -0.4 is 0 Å². The summed E-state index contributed by atoms with van der Waals surface area (Å²) in [7, 11) is 0. The maximum Gasteiger partial charge on any atom is 0.471 e. The maximum absolute atomic E-state index is 12.1. The minimum atomic E-state index is -4.77. The molecule has 0 spiro atoms. The van der Waals surface area contributed by atoms with Crippen molar-refractivity contribution in [2.75, 3.05) is 13.1 Å². The van der Waals surface area contributed by atoms with Crippen LogP contribution in [0.3, 0.4) is 0 Å². The Kier molecular flexibility index (Phi) is 3.59. The van der Waals surface area contributed by atoms with Gasteiger partial charge in [0.2, 0.25) is 0 Å². The van der Waals surface area contributed by atoms with Crippen LogP contribution in [0.2, 0.25) is 0 Å². The summed E-state index contributed by atoms with van der Waals surface area (Å²) >= 11 is 0. The van der Waals surface area contributed by atoms with Crippen molar-refractivity contribution < 1.29 is 22.7 Å². The van der Waals surface area contributed by atoms with Gasteiger partial charge in [0.1, 0.15) is 0 Å². The highest BCUT2D eigenvalue weighted by atomic mass is 19.4. The zero-order chi connectivity index (χ0) is 11.6. The van der Waals surface area contributed by atoms with E-state index in [9.17, 15) is 18.0 Å². The van der Waals surface area contributed by atoms with Gasteiger partial charge >= 0.3 is 12.1 Å². The first-order chi connectivity index (χ1) is 6.80. The van der Waals surface area contributed by atoms with E-state index < -0.39 is 12.1 Å². The standard InChI is InChI=1S/C9H14F3NO2/c1-6(2)15-7-3-4-13(5-7)8(14)9(10,11)12/h6-7H,3-5H2,1-2H3/t7-/m0/s1. The normalized spacial score (nSPS) is 22.5. The first-order valence-corrected chi connectivity index (χ1v) is 4.82. The summed E-state index contributed by atoms with van der Waals surface area (Å²) in [6.45, 7) is 3.79. The average Bonchev–Trinajstić information content (AvgIpc) is 2.48. The highest BCUT2D eigenvalue weighted by molar-refractivity contribution is 5.82. The molecule has 1 aliphatic rings. The number of amides is 1. The molecule has 3 nitrogen and oxygen atoms in total. The Bertz CT molecular complexity index is 240. The van der Waals surface area contributed by atoms with E-state index in [4.69, 9.17) is 4.74 Å². The van der Waals surface area contributed by atoms with Crippen LogP contribution in [0.15, 0.2) is 0 Å². The Morgan fingerprint density at radius 1 is 1.47 bits per heavy atom. The lowest BCUT2D eigenvalue weighted by Crippen LogP contribution is -2.40. The molecule has 0 bridgehead atoms. The Hall–Kier alpha value is -0.780. The van der Waals surface area contributed by atoms with Crippen molar-refractivity contribution in [3.8, 4) is 0 Å². The second kappa shape index (κ2) is 4.38. The molecule has 1 rings (SSSR count). The lowest BCUT2D eigenvalue weighted by atomic mass is 10.3. The van der Waals surface area contributed by atoms with Crippen molar-refractivity contribution in [2.24, 2.45) is 0 Å². The number of ether oxygens (including phenoxy) is 1. The number of rotatable bonds is 2. The van der Waals surface area contributed by atoms with Crippen LogP contribution in [0.25, 0.3) is 0 Å². The molecular weight excluding hydrogens is 211 g/mol. The van der Waals surface area contributed by atoms with Crippen LogP contribution in [0.1, 0.15) is 20.3 Å². The number of likely N-dealkylation sites (tertiary alicyclic amines) is 1. The molecule has 0 radical (unpaired) electrons. The highest BCUT2D eigenvalue weighted by Crippen LogP contribution is 2.23. The van der Waals surface area contributed by atoms with Gasteiger partial charge in [-0.3, -0.25) is 4.79 Å². The number of hydrogen-bond acceptors (Lipinski definition) is 2. The minimum absolute atomic E-state index is 0.0315. The van der Waals surface area contributed by atoms with Crippen molar-refractivity contribution in [3.63, 3.8) is 0 Å².